The minimum atomic E-state index is 0.0424. The van der Waals surface area contributed by atoms with Gasteiger partial charge in [-0.3, -0.25) is 14.5 Å². The number of thioether (sulfide) groups is 1. The second-order valence-corrected chi connectivity index (χ2v) is 6.10. The Kier molecular flexibility index (Phi) is 4.34. The van der Waals surface area contributed by atoms with Gasteiger partial charge >= 0.3 is 0 Å². The summed E-state index contributed by atoms with van der Waals surface area (Å²) in [5.74, 6) is 1.50. The Morgan fingerprint density at radius 3 is 2.94 bits per heavy atom. The van der Waals surface area contributed by atoms with Crippen molar-refractivity contribution in [2.75, 3.05) is 17.2 Å². The lowest BCUT2D eigenvalue weighted by atomic mass is 10.1. The quantitative estimate of drug-likeness (QED) is 0.847. The second-order valence-electron chi connectivity index (χ2n) is 4.09. The summed E-state index contributed by atoms with van der Waals surface area (Å²) >= 11 is 4.47. The van der Waals surface area contributed by atoms with Crippen LogP contribution >= 0.6 is 27.7 Å². The number of amides is 1. The molecule has 7 heteroatoms. The fourth-order valence-electron chi connectivity index (χ4n) is 1.80. The summed E-state index contributed by atoms with van der Waals surface area (Å²) in [6.45, 7) is 2.15. The van der Waals surface area contributed by atoms with E-state index in [0.717, 1.165) is 0 Å². The Bertz CT molecular complexity index is 466. The molecule has 0 aliphatic carbocycles. The summed E-state index contributed by atoms with van der Waals surface area (Å²) < 4.78 is 0.640. The van der Waals surface area contributed by atoms with Crippen LogP contribution in [0, 0.1) is 5.92 Å². The van der Waals surface area contributed by atoms with E-state index in [1.807, 2.05) is 0 Å². The summed E-state index contributed by atoms with van der Waals surface area (Å²) in [5, 5.41) is 7.93. The van der Waals surface area contributed by atoms with Crippen molar-refractivity contribution in [1.82, 2.24) is 10.2 Å². The van der Waals surface area contributed by atoms with Gasteiger partial charge in [-0.05, 0) is 34.0 Å². The highest BCUT2D eigenvalue weighted by Crippen LogP contribution is 2.26. The SMILES string of the molecule is CC(=O)SCC1CC(=O)N(c2ccc(Br)nn2)C1. The molecule has 1 aliphatic heterocycles. The van der Waals surface area contributed by atoms with E-state index in [1.54, 1.807) is 24.0 Å². The van der Waals surface area contributed by atoms with Gasteiger partial charge in [0.25, 0.3) is 0 Å². The Morgan fingerprint density at radius 2 is 2.33 bits per heavy atom. The van der Waals surface area contributed by atoms with Gasteiger partial charge in [0.05, 0.1) is 0 Å². The Hall–Kier alpha value is -0.950. The summed E-state index contributed by atoms with van der Waals surface area (Å²) in [7, 11) is 0. The third-order valence-electron chi connectivity index (χ3n) is 2.62. The third-order valence-corrected chi connectivity index (χ3v) is 4.09. The van der Waals surface area contributed by atoms with E-state index in [2.05, 4.69) is 26.1 Å². The largest absolute Gasteiger partial charge is 0.295 e. The van der Waals surface area contributed by atoms with E-state index in [1.165, 1.54) is 11.8 Å². The lowest BCUT2D eigenvalue weighted by Gasteiger charge is -2.14. The van der Waals surface area contributed by atoms with Crippen LogP contribution in [0.5, 0.6) is 0 Å². The molecule has 2 heterocycles. The molecule has 0 saturated carbocycles. The molecule has 0 bridgehead atoms. The van der Waals surface area contributed by atoms with Gasteiger partial charge < -0.3 is 0 Å². The molecule has 0 aromatic carbocycles. The molecule has 1 atom stereocenters. The van der Waals surface area contributed by atoms with E-state index in [4.69, 9.17) is 0 Å². The molecular weight excluding hydrogens is 318 g/mol. The number of halogens is 1. The topological polar surface area (TPSA) is 63.2 Å². The first-order valence-electron chi connectivity index (χ1n) is 5.49. The molecular formula is C11H12BrN3O2S. The standard InChI is InChI=1S/C11H12BrN3O2S/c1-7(16)18-6-8-4-11(17)15(5-8)10-3-2-9(12)13-14-10/h2-3,8H,4-6H2,1H3. The highest BCUT2D eigenvalue weighted by Gasteiger charge is 2.31. The fourth-order valence-corrected chi connectivity index (χ4v) is 2.71. The molecule has 2 rings (SSSR count). The van der Waals surface area contributed by atoms with Crippen molar-refractivity contribution in [3.8, 4) is 0 Å². The molecule has 1 amide bonds. The van der Waals surface area contributed by atoms with Crippen LogP contribution in [-0.4, -0.2) is 33.5 Å². The van der Waals surface area contributed by atoms with Gasteiger partial charge in [-0.15, -0.1) is 10.2 Å². The lowest BCUT2D eigenvalue weighted by Crippen LogP contribution is -2.26. The molecule has 1 aromatic rings. The van der Waals surface area contributed by atoms with E-state index < -0.39 is 0 Å². The van der Waals surface area contributed by atoms with Crippen molar-refractivity contribution in [3.63, 3.8) is 0 Å². The van der Waals surface area contributed by atoms with Gasteiger partial charge in [-0.2, -0.15) is 0 Å². The van der Waals surface area contributed by atoms with Crippen LogP contribution in [0.2, 0.25) is 0 Å². The summed E-state index contributed by atoms with van der Waals surface area (Å²) in [6, 6.07) is 3.52. The molecule has 96 valence electrons. The smallest absolute Gasteiger partial charge is 0.228 e. The molecule has 1 saturated heterocycles. The van der Waals surface area contributed by atoms with Gasteiger partial charge in [0.2, 0.25) is 5.91 Å². The maximum Gasteiger partial charge on any atom is 0.228 e. The van der Waals surface area contributed by atoms with E-state index in [0.29, 0.717) is 29.1 Å². The maximum atomic E-state index is 11.9. The van der Waals surface area contributed by atoms with Gasteiger partial charge in [-0.1, -0.05) is 11.8 Å². The third kappa shape index (κ3) is 3.29. The Balaban J connectivity index is 2.00. The van der Waals surface area contributed by atoms with Crippen molar-refractivity contribution in [1.29, 1.82) is 0 Å². The van der Waals surface area contributed by atoms with Gasteiger partial charge in [0.1, 0.15) is 4.60 Å². The second kappa shape index (κ2) is 5.79. The number of anilines is 1. The highest BCUT2D eigenvalue weighted by atomic mass is 79.9. The van der Waals surface area contributed by atoms with Crippen molar-refractivity contribution in [2.45, 2.75) is 13.3 Å². The van der Waals surface area contributed by atoms with Crippen LogP contribution < -0.4 is 4.90 Å². The number of hydrogen-bond acceptors (Lipinski definition) is 5. The number of hydrogen-bond donors (Lipinski definition) is 0. The number of carbonyl (C=O) groups excluding carboxylic acids is 2. The van der Waals surface area contributed by atoms with E-state index >= 15 is 0 Å². The van der Waals surface area contributed by atoms with Gasteiger partial charge in [-0.25, -0.2) is 0 Å². The molecule has 1 aliphatic rings. The molecule has 5 nitrogen and oxygen atoms in total. The zero-order chi connectivity index (χ0) is 13.1. The maximum absolute atomic E-state index is 11.9. The molecule has 0 spiro atoms. The average Bonchev–Trinajstić information content (AvgIpc) is 2.69. The molecule has 1 fully saturated rings. The van der Waals surface area contributed by atoms with Gasteiger partial charge in [0, 0.05) is 25.6 Å². The summed E-state index contributed by atoms with van der Waals surface area (Å²) in [6.07, 6.45) is 0.470. The van der Waals surface area contributed by atoms with Crippen LogP contribution in [0.1, 0.15) is 13.3 Å². The number of rotatable bonds is 3. The molecule has 1 aromatic heterocycles. The minimum Gasteiger partial charge on any atom is -0.295 e. The van der Waals surface area contributed by atoms with Crippen molar-refractivity contribution in [3.05, 3.63) is 16.7 Å². The van der Waals surface area contributed by atoms with Crippen LogP contribution in [0.15, 0.2) is 16.7 Å². The zero-order valence-corrected chi connectivity index (χ0v) is 12.2. The monoisotopic (exact) mass is 329 g/mol. The number of aromatic nitrogens is 2. The number of carbonyl (C=O) groups is 2. The fraction of sp³-hybridized carbons (Fsp3) is 0.455. The van der Waals surface area contributed by atoms with Crippen LogP contribution in [0.3, 0.4) is 0 Å². The Labute approximate surface area is 117 Å². The minimum absolute atomic E-state index is 0.0424. The Morgan fingerprint density at radius 1 is 1.56 bits per heavy atom. The first-order valence-corrected chi connectivity index (χ1v) is 7.27. The average molecular weight is 330 g/mol. The van der Waals surface area contributed by atoms with Crippen LogP contribution in [-0.2, 0) is 9.59 Å². The van der Waals surface area contributed by atoms with Crippen molar-refractivity contribution < 1.29 is 9.59 Å². The first kappa shape index (κ1) is 13.5. The van der Waals surface area contributed by atoms with Crippen LogP contribution in [0.25, 0.3) is 0 Å². The molecule has 0 N–H and O–H groups in total. The zero-order valence-electron chi connectivity index (χ0n) is 9.80. The highest BCUT2D eigenvalue weighted by molar-refractivity contribution is 9.10. The number of nitrogens with zero attached hydrogens (tertiary/aromatic N) is 3. The summed E-state index contributed by atoms with van der Waals surface area (Å²) in [5.41, 5.74) is 0. The van der Waals surface area contributed by atoms with E-state index in [-0.39, 0.29) is 16.9 Å². The van der Waals surface area contributed by atoms with Gasteiger partial charge in [0.15, 0.2) is 10.9 Å². The predicted octanol–water partition coefficient (Wildman–Crippen LogP) is 1.87. The molecule has 0 radical (unpaired) electrons. The first-order chi connectivity index (χ1) is 8.56. The molecule has 1 unspecified atom stereocenters. The summed E-state index contributed by atoms with van der Waals surface area (Å²) in [4.78, 5) is 24.4. The van der Waals surface area contributed by atoms with Crippen LogP contribution in [0.4, 0.5) is 5.82 Å². The predicted molar refractivity (Wildman–Crippen MR) is 73.3 cm³/mol. The van der Waals surface area contributed by atoms with Crippen molar-refractivity contribution >= 4 is 44.5 Å². The lowest BCUT2D eigenvalue weighted by molar-refractivity contribution is -0.117. The van der Waals surface area contributed by atoms with E-state index in [9.17, 15) is 9.59 Å². The molecule has 18 heavy (non-hydrogen) atoms. The van der Waals surface area contributed by atoms with Crippen molar-refractivity contribution in [2.24, 2.45) is 5.92 Å². The normalized spacial score (nSPS) is 19.3.